The summed E-state index contributed by atoms with van der Waals surface area (Å²) in [6.45, 7) is 0. The Kier molecular flexibility index (Phi) is 3.66. The largest absolute Gasteiger partial charge is 0.464 e. The van der Waals surface area contributed by atoms with Gasteiger partial charge in [-0.1, -0.05) is 5.21 Å². The van der Waals surface area contributed by atoms with Gasteiger partial charge < -0.3 is 9.84 Å². The van der Waals surface area contributed by atoms with Gasteiger partial charge in [0.05, 0.1) is 19.3 Å². The van der Waals surface area contributed by atoms with Gasteiger partial charge in [-0.15, -0.1) is 5.10 Å². The van der Waals surface area contributed by atoms with E-state index in [-0.39, 0.29) is 11.7 Å². The molecule has 2 aromatic heterocycles. The van der Waals surface area contributed by atoms with Crippen LogP contribution in [0.1, 0.15) is 35.8 Å². The Morgan fingerprint density at radius 2 is 2.14 bits per heavy atom. The summed E-state index contributed by atoms with van der Waals surface area (Å²) in [7, 11) is 1.31. The second-order valence-corrected chi connectivity index (χ2v) is 5.02. The molecule has 0 bridgehead atoms. The molecule has 0 aromatic carbocycles. The Bertz CT molecular complexity index is 641. The highest BCUT2D eigenvalue weighted by atomic mass is 16.5. The fourth-order valence-electron chi connectivity index (χ4n) is 2.74. The number of rotatable bonds is 3. The summed E-state index contributed by atoms with van der Waals surface area (Å²) in [6.07, 6.45) is 5.27. The van der Waals surface area contributed by atoms with E-state index in [4.69, 9.17) is 4.74 Å². The van der Waals surface area contributed by atoms with Gasteiger partial charge in [0.15, 0.2) is 5.69 Å². The quantitative estimate of drug-likeness (QED) is 0.854. The number of carbonyl (C=O) groups excluding carboxylic acids is 1. The van der Waals surface area contributed by atoms with Crippen LogP contribution in [0.4, 0.5) is 0 Å². The number of methoxy groups -OCH3 is 1. The zero-order chi connectivity index (χ0) is 14.8. The molecule has 110 valence electrons. The van der Waals surface area contributed by atoms with Crippen LogP contribution in [0.2, 0.25) is 0 Å². The molecule has 21 heavy (non-hydrogen) atoms. The highest BCUT2D eigenvalue weighted by Gasteiger charge is 2.32. The van der Waals surface area contributed by atoms with Gasteiger partial charge in [0.2, 0.25) is 0 Å². The van der Waals surface area contributed by atoms with Gasteiger partial charge in [-0.25, -0.2) is 9.48 Å². The van der Waals surface area contributed by atoms with E-state index in [1.807, 2.05) is 0 Å². The van der Waals surface area contributed by atoms with Crippen molar-refractivity contribution < 1.29 is 14.6 Å². The second kappa shape index (κ2) is 5.61. The molecule has 3 rings (SSSR count). The first kappa shape index (κ1) is 13.7. The third-order valence-electron chi connectivity index (χ3n) is 3.79. The van der Waals surface area contributed by atoms with Crippen molar-refractivity contribution in [1.82, 2.24) is 20.0 Å². The van der Waals surface area contributed by atoms with Gasteiger partial charge in [-0.05, 0) is 31.4 Å². The lowest BCUT2D eigenvalue weighted by atomic mass is 10.1. The highest BCUT2D eigenvalue weighted by Crippen LogP contribution is 2.34. The molecule has 0 amide bonds. The average Bonchev–Trinajstić information content (AvgIpc) is 3.13. The van der Waals surface area contributed by atoms with E-state index in [0.717, 1.165) is 24.8 Å². The van der Waals surface area contributed by atoms with Crippen molar-refractivity contribution in [3.05, 3.63) is 30.2 Å². The van der Waals surface area contributed by atoms with E-state index in [0.29, 0.717) is 5.69 Å². The monoisotopic (exact) mass is 288 g/mol. The second-order valence-electron chi connectivity index (χ2n) is 5.02. The lowest BCUT2D eigenvalue weighted by Gasteiger charge is -2.17. The van der Waals surface area contributed by atoms with E-state index >= 15 is 0 Å². The molecule has 0 saturated heterocycles. The SMILES string of the molecule is COC(=O)c1nnn(C2CCCC2O)c1-c1ccncc1. The molecule has 2 aromatic rings. The molecule has 0 aliphatic heterocycles. The van der Waals surface area contributed by atoms with Crippen LogP contribution < -0.4 is 0 Å². The number of aliphatic hydroxyl groups is 1. The molecule has 2 unspecified atom stereocenters. The Morgan fingerprint density at radius 3 is 2.76 bits per heavy atom. The molecule has 1 fully saturated rings. The number of carbonyl (C=O) groups is 1. The Balaban J connectivity index is 2.13. The summed E-state index contributed by atoms with van der Waals surface area (Å²) in [6, 6.07) is 3.39. The smallest absolute Gasteiger partial charge is 0.360 e. The van der Waals surface area contributed by atoms with Gasteiger partial charge >= 0.3 is 5.97 Å². The molecule has 1 aliphatic carbocycles. The predicted octanol–water partition coefficient (Wildman–Crippen LogP) is 1.21. The first-order valence-electron chi connectivity index (χ1n) is 6.84. The minimum Gasteiger partial charge on any atom is -0.464 e. The summed E-state index contributed by atoms with van der Waals surface area (Å²) >= 11 is 0. The van der Waals surface area contributed by atoms with Crippen molar-refractivity contribution in [2.24, 2.45) is 0 Å². The minimum absolute atomic E-state index is 0.155. The number of aliphatic hydroxyl groups excluding tert-OH is 1. The van der Waals surface area contributed by atoms with Crippen molar-refractivity contribution in [3.8, 4) is 11.3 Å². The van der Waals surface area contributed by atoms with Crippen molar-refractivity contribution >= 4 is 5.97 Å². The van der Waals surface area contributed by atoms with Crippen molar-refractivity contribution in [3.63, 3.8) is 0 Å². The number of pyridine rings is 1. The number of hydrogen-bond donors (Lipinski definition) is 1. The molecule has 1 aliphatic rings. The number of hydrogen-bond acceptors (Lipinski definition) is 6. The first-order chi connectivity index (χ1) is 10.2. The minimum atomic E-state index is -0.541. The van der Waals surface area contributed by atoms with E-state index in [2.05, 4.69) is 15.3 Å². The van der Waals surface area contributed by atoms with Crippen LogP contribution in [0, 0.1) is 0 Å². The molecular weight excluding hydrogens is 272 g/mol. The van der Waals surface area contributed by atoms with Gasteiger partial charge in [0, 0.05) is 18.0 Å². The number of aromatic nitrogens is 4. The van der Waals surface area contributed by atoms with E-state index in [9.17, 15) is 9.90 Å². The van der Waals surface area contributed by atoms with Crippen LogP contribution in [0.3, 0.4) is 0 Å². The van der Waals surface area contributed by atoms with Crippen molar-refractivity contribution in [2.75, 3.05) is 7.11 Å². The van der Waals surface area contributed by atoms with Crippen molar-refractivity contribution in [2.45, 2.75) is 31.4 Å². The average molecular weight is 288 g/mol. The molecule has 2 atom stereocenters. The lowest BCUT2D eigenvalue weighted by Crippen LogP contribution is -2.20. The molecule has 0 radical (unpaired) electrons. The maximum absolute atomic E-state index is 11.9. The molecule has 0 spiro atoms. The maximum Gasteiger partial charge on any atom is 0.360 e. The number of ether oxygens (including phenoxy) is 1. The van der Waals surface area contributed by atoms with Gasteiger partial charge in [-0.2, -0.15) is 0 Å². The summed E-state index contributed by atoms with van der Waals surface area (Å²) in [5.74, 6) is -0.541. The summed E-state index contributed by atoms with van der Waals surface area (Å²) in [5, 5.41) is 18.1. The standard InChI is InChI=1S/C14H16N4O3/c1-21-14(20)12-13(9-5-7-15-8-6-9)18(17-16-12)10-3-2-4-11(10)19/h5-8,10-11,19H,2-4H2,1H3. The van der Waals surface area contributed by atoms with Gasteiger partial charge in [-0.3, -0.25) is 4.98 Å². The van der Waals surface area contributed by atoms with Crippen LogP contribution in [0.5, 0.6) is 0 Å². The first-order valence-corrected chi connectivity index (χ1v) is 6.84. The lowest BCUT2D eigenvalue weighted by molar-refractivity contribution is 0.0594. The molecule has 2 heterocycles. The van der Waals surface area contributed by atoms with Crippen LogP contribution in [-0.2, 0) is 4.74 Å². The van der Waals surface area contributed by atoms with Crippen LogP contribution in [-0.4, -0.2) is 44.3 Å². The Morgan fingerprint density at radius 1 is 1.38 bits per heavy atom. The molecule has 1 N–H and O–H groups in total. The predicted molar refractivity (Wildman–Crippen MR) is 73.5 cm³/mol. The third kappa shape index (κ3) is 2.40. The number of nitrogens with zero attached hydrogens (tertiary/aromatic N) is 4. The normalized spacial score (nSPS) is 21.4. The zero-order valence-electron chi connectivity index (χ0n) is 11.6. The van der Waals surface area contributed by atoms with Crippen LogP contribution in [0.25, 0.3) is 11.3 Å². The summed E-state index contributed by atoms with van der Waals surface area (Å²) in [5.41, 5.74) is 1.49. The van der Waals surface area contributed by atoms with E-state index in [1.165, 1.54) is 7.11 Å². The molecular formula is C14H16N4O3. The fraction of sp³-hybridized carbons (Fsp3) is 0.429. The van der Waals surface area contributed by atoms with Gasteiger partial charge in [0.25, 0.3) is 0 Å². The fourth-order valence-corrected chi connectivity index (χ4v) is 2.74. The topological polar surface area (TPSA) is 90.1 Å². The van der Waals surface area contributed by atoms with Crippen LogP contribution in [0.15, 0.2) is 24.5 Å². The Hall–Kier alpha value is -2.28. The zero-order valence-corrected chi connectivity index (χ0v) is 11.6. The summed E-state index contributed by atoms with van der Waals surface area (Å²) < 4.78 is 6.41. The van der Waals surface area contributed by atoms with E-state index < -0.39 is 12.1 Å². The molecule has 7 heteroatoms. The molecule has 1 saturated carbocycles. The number of esters is 1. The van der Waals surface area contributed by atoms with Crippen LogP contribution >= 0.6 is 0 Å². The van der Waals surface area contributed by atoms with Gasteiger partial charge in [0.1, 0.15) is 5.69 Å². The Labute approximate surface area is 121 Å². The summed E-state index contributed by atoms with van der Waals surface area (Å²) in [4.78, 5) is 15.9. The third-order valence-corrected chi connectivity index (χ3v) is 3.79. The molecule has 7 nitrogen and oxygen atoms in total. The maximum atomic E-state index is 11.9. The van der Waals surface area contributed by atoms with Crippen molar-refractivity contribution in [1.29, 1.82) is 0 Å². The van der Waals surface area contributed by atoms with E-state index in [1.54, 1.807) is 29.2 Å². The highest BCUT2D eigenvalue weighted by molar-refractivity contribution is 5.94.